The SMILES string of the molecule is CCOC(=O)c1sc2nc([C@@H](C)OC(=O)c3cccc(Cl)c3)[nH]c(=O)c2c1C. The fourth-order valence-corrected chi connectivity index (χ4v) is 3.92. The van der Waals surface area contributed by atoms with Gasteiger partial charge in [-0.05, 0) is 44.5 Å². The summed E-state index contributed by atoms with van der Waals surface area (Å²) in [6.45, 7) is 5.21. The van der Waals surface area contributed by atoms with E-state index < -0.39 is 23.6 Å². The number of carbonyl (C=O) groups excluding carboxylic acids is 2. The van der Waals surface area contributed by atoms with Crippen molar-refractivity contribution in [3.05, 3.63) is 61.5 Å². The topological polar surface area (TPSA) is 98.3 Å². The summed E-state index contributed by atoms with van der Waals surface area (Å²) in [6, 6.07) is 6.36. The molecule has 0 unspecified atom stereocenters. The molecule has 9 heteroatoms. The number of H-pyrrole nitrogens is 1. The Labute approximate surface area is 169 Å². The number of nitrogens with zero attached hydrogens (tertiary/aromatic N) is 1. The molecule has 0 saturated carbocycles. The first-order valence-corrected chi connectivity index (χ1v) is 9.68. The molecule has 0 amide bonds. The van der Waals surface area contributed by atoms with Crippen LogP contribution in [0.25, 0.3) is 10.2 Å². The van der Waals surface area contributed by atoms with E-state index in [1.165, 1.54) is 6.07 Å². The number of rotatable bonds is 5. The number of hydrogen-bond donors (Lipinski definition) is 1. The van der Waals surface area contributed by atoms with Crippen molar-refractivity contribution in [1.29, 1.82) is 0 Å². The molecular formula is C19H17ClN2O5S. The molecule has 2 aromatic heterocycles. The number of halogens is 1. The van der Waals surface area contributed by atoms with Gasteiger partial charge in [-0.2, -0.15) is 0 Å². The fraction of sp³-hybridized carbons (Fsp3) is 0.263. The Hall–Kier alpha value is -2.71. The lowest BCUT2D eigenvalue weighted by molar-refractivity contribution is 0.0319. The normalized spacial score (nSPS) is 12.0. The van der Waals surface area contributed by atoms with Crippen LogP contribution in [0.15, 0.2) is 29.1 Å². The van der Waals surface area contributed by atoms with Crippen molar-refractivity contribution in [3.63, 3.8) is 0 Å². The average Bonchev–Trinajstić information content (AvgIpc) is 2.99. The van der Waals surface area contributed by atoms with Crippen LogP contribution in [0, 0.1) is 6.92 Å². The van der Waals surface area contributed by atoms with E-state index in [-0.39, 0.29) is 12.4 Å². The van der Waals surface area contributed by atoms with E-state index in [2.05, 4.69) is 9.97 Å². The highest BCUT2D eigenvalue weighted by Crippen LogP contribution is 2.28. The summed E-state index contributed by atoms with van der Waals surface area (Å²) in [7, 11) is 0. The minimum Gasteiger partial charge on any atom is -0.462 e. The number of hydrogen-bond acceptors (Lipinski definition) is 7. The highest BCUT2D eigenvalue weighted by Gasteiger charge is 2.22. The van der Waals surface area contributed by atoms with Crippen molar-refractivity contribution in [2.24, 2.45) is 0 Å². The molecule has 1 N–H and O–H groups in total. The summed E-state index contributed by atoms with van der Waals surface area (Å²) in [6.07, 6.45) is -0.808. The Balaban J connectivity index is 1.92. The summed E-state index contributed by atoms with van der Waals surface area (Å²) >= 11 is 6.96. The molecule has 0 saturated heterocycles. The number of nitrogens with one attached hydrogen (secondary N) is 1. The summed E-state index contributed by atoms with van der Waals surface area (Å²) in [5.41, 5.74) is 0.400. The van der Waals surface area contributed by atoms with Crippen molar-refractivity contribution in [1.82, 2.24) is 9.97 Å². The quantitative estimate of drug-likeness (QED) is 0.625. The summed E-state index contributed by atoms with van der Waals surface area (Å²) in [5, 5.41) is 0.737. The smallest absolute Gasteiger partial charge is 0.348 e. The van der Waals surface area contributed by atoms with E-state index in [0.717, 1.165) is 11.3 Å². The van der Waals surface area contributed by atoms with Crippen molar-refractivity contribution in [2.75, 3.05) is 6.61 Å². The van der Waals surface area contributed by atoms with Gasteiger partial charge < -0.3 is 14.5 Å². The molecule has 3 aromatic rings. The maximum absolute atomic E-state index is 12.5. The van der Waals surface area contributed by atoms with E-state index in [0.29, 0.717) is 31.2 Å². The predicted octanol–water partition coefficient (Wildman–Crippen LogP) is 4.04. The second kappa shape index (κ2) is 8.12. The van der Waals surface area contributed by atoms with Crippen LogP contribution >= 0.6 is 22.9 Å². The monoisotopic (exact) mass is 420 g/mol. The van der Waals surface area contributed by atoms with Crippen LogP contribution in [0.3, 0.4) is 0 Å². The molecule has 0 aliphatic carbocycles. The van der Waals surface area contributed by atoms with Gasteiger partial charge in [0.15, 0.2) is 11.9 Å². The zero-order valence-corrected chi connectivity index (χ0v) is 16.9. The molecule has 0 spiro atoms. The molecule has 0 bridgehead atoms. The number of carbonyl (C=O) groups is 2. The van der Waals surface area contributed by atoms with Crippen molar-refractivity contribution < 1.29 is 19.1 Å². The molecule has 3 rings (SSSR count). The van der Waals surface area contributed by atoms with Crippen LogP contribution < -0.4 is 5.56 Å². The van der Waals surface area contributed by atoms with Crippen LogP contribution in [0.2, 0.25) is 5.02 Å². The first-order valence-electron chi connectivity index (χ1n) is 8.48. The Morgan fingerprint density at radius 1 is 1.32 bits per heavy atom. The second-order valence-electron chi connectivity index (χ2n) is 5.97. The predicted molar refractivity (Wildman–Crippen MR) is 106 cm³/mol. The van der Waals surface area contributed by atoms with Gasteiger partial charge >= 0.3 is 11.9 Å². The number of aryl methyl sites for hydroxylation is 1. The number of esters is 2. The van der Waals surface area contributed by atoms with Crippen LogP contribution in [0.1, 0.15) is 51.4 Å². The van der Waals surface area contributed by atoms with Crippen molar-refractivity contribution in [3.8, 4) is 0 Å². The molecule has 0 radical (unpaired) electrons. The number of benzene rings is 1. The Bertz CT molecular complexity index is 1120. The molecular weight excluding hydrogens is 404 g/mol. The van der Waals surface area contributed by atoms with E-state index >= 15 is 0 Å². The second-order valence-corrected chi connectivity index (χ2v) is 7.40. The summed E-state index contributed by atoms with van der Waals surface area (Å²) in [5.74, 6) is -0.902. The average molecular weight is 421 g/mol. The van der Waals surface area contributed by atoms with Gasteiger partial charge in [-0.15, -0.1) is 11.3 Å². The third-order valence-electron chi connectivity index (χ3n) is 4.01. The van der Waals surface area contributed by atoms with Crippen molar-refractivity contribution in [2.45, 2.75) is 26.9 Å². The van der Waals surface area contributed by atoms with Gasteiger partial charge in [-0.3, -0.25) is 4.79 Å². The van der Waals surface area contributed by atoms with Gasteiger partial charge in [0.25, 0.3) is 5.56 Å². The van der Waals surface area contributed by atoms with Gasteiger partial charge in [0.2, 0.25) is 0 Å². The third-order valence-corrected chi connectivity index (χ3v) is 5.41. The fourth-order valence-electron chi connectivity index (χ4n) is 2.64. The number of ether oxygens (including phenoxy) is 2. The molecule has 1 aromatic carbocycles. The van der Waals surface area contributed by atoms with E-state index in [1.54, 1.807) is 39.0 Å². The van der Waals surface area contributed by atoms with Crippen molar-refractivity contribution >= 4 is 45.1 Å². The number of aromatic amines is 1. The van der Waals surface area contributed by atoms with E-state index in [4.69, 9.17) is 21.1 Å². The molecule has 146 valence electrons. The van der Waals surface area contributed by atoms with Crippen LogP contribution in [-0.4, -0.2) is 28.5 Å². The van der Waals surface area contributed by atoms with Crippen LogP contribution in [0.4, 0.5) is 0 Å². The highest BCUT2D eigenvalue weighted by molar-refractivity contribution is 7.20. The molecule has 0 fully saturated rings. The molecule has 28 heavy (non-hydrogen) atoms. The maximum atomic E-state index is 12.5. The highest BCUT2D eigenvalue weighted by atomic mass is 35.5. The molecule has 0 aliphatic heterocycles. The van der Waals surface area contributed by atoms with Gasteiger partial charge in [0.1, 0.15) is 9.71 Å². The minimum absolute atomic E-state index is 0.185. The number of fused-ring (bicyclic) bond motifs is 1. The Morgan fingerprint density at radius 2 is 2.07 bits per heavy atom. The first kappa shape index (κ1) is 20.0. The lowest BCUT2D eigenvalue weighted by Crippen LogP contribution is -2.17. The zero-order chi connectivity index (χ0) is 20.4. The third kappa shape index (κ3) is 3.93. The summed E-state index contributed by atoms with van der Waals surface area (Å²) in [4.78, 5) is 44.6. The van der Waals surface area contributed by atoms with Crippen LogP contribution in [-0.2, 0) is 9.47 Å². The molecule has 1 atom stereocenters. The molecule has 2 heterocycles. The Morgan fingerprint density at radius 3 is 2.75 bits per heavy atom. The minimum atomic E-state index is -0.808. The number of thiophene rings is 1. The van der Waals surface area contributed by atoms with E-state index in [1.807, 2.05) is 0 Å². The standard InChI is InChI=1S/C19H17ClN2O5S/c1-4-26-19(25)14-9(2)13-16(23)21-15(22-17(13)28-14)10(3)27-18(24)11-6-5-7-12(20)8-11/h5-8,10H,4H2,1-3H3,(H,21,22,23)/t10-/m1/s1. The zero-order valence-electron chi connectivity index (χ0n) is 15.4. The largest absolute Gasteiger partial charge is 0.462 e. The van der Waals surface area contributed by atoms with Crippen LogP contribution in [0.5, 0.6) is 0 Å². The molecule has 7 nitrogen and oxygen atoms in total. The number of aromatic nitrogens is 2. The molecule has 0 aliphatic rings. The lowest BCUT2D eigenvalue weighted by Gasteiger charge is -2.12. The maximum Gasteiger partial charge on any atom is 0.348 e. The van der Waals surface area contributed by atoms with Gasteiger partial charge in [-0.1, -0.05) is 17.7 Å². The van der Waals surface area contributed by atoms with Gasteiger partial charge in [0, 0.05) is 5.02 Å². The van der Waals surface area contributed by atoms with Gasteiger partial charge in [0.05, 0.1) is 17.6 Å². The first-order chi connectivity index (χ1) is 13.3. The van der Waals surface area contributed by atoms with Gasteiger partial charge in [-0.25, -0.2) is 14.6 Å². The Kier molecular flexibility index (Phi) is 5.81. The lowest BCUT2D eigenvalue weighted by atomic mass is 10.2. The van der Waals surface area contributed by atoms with E-state index in [9.17, 15) is 14.4 Å². The summed E-state index contributed by atoms with van der Waals surface area (Å²) < 4.78 is 10.4.